The minimum absolute atomic E-state index is 0.0511. The molecule has 9 nitrogen and oxygen atoms in total. The zero-order chi connectivity index (χ0) is 19.8. The smallest absolute Gasteiger partial charge is 0.355 e. The molecule has 0 aromatic heterocycles. The van der Waals surface area contributed by atoms with E-state index in [9.17, 15) is 19.2 Å². The number of rotatable bonds is 4. The van der Waals surface area contributed by atoms with E-state index in [0.717, 1.165) is 9.91 Å². The summed E-state index contributed by atoms with van der Waals surface area (Å²) in [5, 5.41) is 1.00. The molecule has 1 atom stereocenters. The Bertz CT molecular complexity index is 847. The summed E-state index contributed by atoms with van der Waals surface area (Å²) < 4.78 is 10.0. The standard InChI is InChI=1S/C18H19N3O6/c1-4-27-16(24)14-9-18(21(19-14)11(2)22)10-15(23)20(17(18)25)12-5-7-13(26-3)8-6-12/h5-9,19H,4,10H2,1-3H3/t18-/m1/s1. The first kappa shape index (κ1) is 18.4. The van der Waals surface area contributed by atoms with Crippen LogP contribution in [-0.2, 0) is 23.9 Å². The molecule has 1 N–H and O–H groups in total. The Hall–Kier alpha value is -3.36. The summed E-state index contributed by atoms with van der Waals surface area (Å²) in [5.41, 5.74) is 1.29. The van der Waals surface area contributed by atoms with Gasteiger partial charge in [0.25, 0.3) is 5.91 Å². The van der Waals surface area contributed by atoms with Gasteiger partial charge in [0.15, 0.2) is 5.54 Å². The van der Waals surface area contributed by atoms with Crippen molar-refractivity contribution >= 4 is 29.4 Å². The number of hydrogen-bond acceptors (Lipinski definition) is 7. The molecule has 0 unspecified atom stereocenters. The first-order valence-corrected chi connectivity index (χ1v) is 8.33. The van der Waals surface area contributed by atoms with E-state index in [2.05, 4.69) is 5.43 Å². The van der Waals surface area contributed by atoms with Crippen molar-refractivity contribution in [2.75, 3.05) is 18.6 Å². The molecule has 9 heteroatoms. The lowest BCUT2D eigenvalue weighted by Gasteiger charge is -2.30. The van der Waals surface area contributed by atoms with Crippen LogP contribution in [0.1, 0.15) is 20.3 Å². The number of hydrogen-bond donors (Lipinski definition) is 1. The fourth-order valence-corrected chi connectivity index (χ4v) is 3.20. The van der Waals surface area contributed by atoms with Gasteiger partial charge in [0.05, 0.1) is 25.8 Å². The second-order valence-corrected chi connectivity index (χ2v) is 6.08. The van der Waals surface area contributed by atoms with Gasteiger partial charge in [0.1, 0.15) is 11.4 Å². The van der Waals surface area contributed by atoms with E-state index in [0.29, 0.717) is 11.4 Å². The van der Waals surface area contributed by atoms with Crippen molar-refractivity contribution in [2.24, 2.45) is 0 Å². The van der Waals surface area contributed by atoms with E-state index in [1.165, 1.54) is 20.1 Å². The van der Waals surface area contributed by atoms with Gasteiger partial charge in [-0.1, -0.05) is 0 Å². The SMILES string of the molecule is CCOC(=O)C1=C[C@]2(CC(=O)N(c3ccc(OC)cc3)C2=O)N(C(C)=O)N1. The molecule has 0 radical (unpaired) electrons. The first-order chi connectivity index (χ1) is 12.8. The molecule has 2 heterocycles. The third kappa shape index (κ3) is 2.90. The van der Waals surface area contributed by atoms with Gasteiger partial charge in [-0.25, -0.2) is 14.7 Å². The van der Waals surface area contributed by atoms with Gasteiger partial charge in [0.2, 0.25) is 11.8 Å². The number of esters is 1. The largest absolute Gasteiger partial charge is 0.497 e. The van der Waals surface area contributed by atoms with Crippen molar-refractivity contribution in [1.82, 2.24) is 10.4 Å². The molecule has 2 aliphatic heterocycles. The first-order valence-electron chi connectivity index (χ1n) is 8.33. The molecule has 27 heavy (non-hydrogen) atoms. The summed E-state index contributed by atoms with van der Waals surface area (Å²) >= 11 is 0. The number of amides is 3. The molecule has 142 valence electrons. The van der Waals surface area contributed by atoms with Crippen molar-refractivity contribution in [3.8, 4) is 5.75 Å². The number of carbonyl (C=O) groups excluding carboxylic acids is 4. The lowest BCUT2D eigenvalue weighted by atomic mass is 9.96. The quantitative estimate of drug-likeness (QED) is 0.606. The van der Waals surface area contributed by atoms with Gasteiger partial charge in [-0.05, 0) is 37.3 Å². The normalized spacial score (nSPS) is 21.4. The molecule has 0 saturated carbocycles. The van der Waals surface area contributed by atoms with E-state index in [-0.39, 0.29) is 18.7 Å². The summed E-state index contributed by atoms with van der Waals surface area (Å²) in [4.78, 5) is 51.0. The minimum atomic E-state index is -1.61. The number of anilines is 1. The molecular weight excluding hydrogens is 354 g/mol. The van der Waals surface area contributed by atoms with E-state index < -0.39 is 29.2 Å². The Balaban J connectivity index is 2.00. The number of carbonyl (C=O) groups is 4. The summed E-state index contributed by atoms with van der Waals surface area (Å²) in [6, 6.07) is 6.39. The van der Waals surface area contributed by atoms with Crippen LogP contribution in [0.2, 0.25) is 0 Å². The van der Waals surface area contributed by atoms with E-state index in [1.807, 2.05) is 0 Å². The summed E-state index contributed by atoms with van der Waals surface area (Å²) in [5.74, 6) is -1.75. The van der Waals surface area contributed by atoms with Gasteiger partial charge in [-0.3, -0.25) is 19.8 Å². The summed E-state index contributed by atoms with van der Waals surface area (Å²) in [6.07, 6.45) is 1.00. The number of imide groups is 1. The molecule has 1 saturated heterocycles. The van der Waals surface area contributed by atoms with Crippen LogP contribution in [0.15, 0.2) is 36.0 Å². The number of methoxy groups -OCH3 is 1. The highest BCUT2D eigenvalue weighted by Gasteiger charge is 2.59. The molecule has 2 aliphatic rings. The Morgan fingerprint density at radius 3 is 2.44 bits per heavy atom. The zero-order valence-electron chi connectivity index (χ0n) is 15.1. The molecular formula is C18H19N3O6. The van der Waals surface area contributed by atoms with E-state index in [1.54, 1.807) is 31.2 Å². The van der Waals surface area contributed by atoms with Crippen molar-refractivity contribution in [1.29, 1.82) is 0 Å². The van der Waals surface area contributed by atoms with Crippen LogP contribution in [0.4, 0.5) is 5.69 Å². The van der Waals surface area contributed by atoms with Crippen LogP contribution in [0.25, 0.3) is 0 Å². The van der Waals surface area contributed by atoms with Crippen LogP contribution in [0, 0.1) is 0 Å². The minimum Gasteiger partial charge on any atom is -0.497 e. The Labute approximate surface area is 155 Å². The van der Waals surface area contributed by atoms with Gasteiger partial charge >= 0.3 is 5.97 Å². The second-order valence-electron chi connectivity index (χ2n) is 6.08. The molecule has 1 aromatic carbocycles. The van der Waals surface area contributed by atoms with E-state index >= 15 is 0 Å². The number of nitrogens with one attached hydrogen (secondary N) is 1. The van der Waals surface area contributed by atoms with Crippen LogP contribution in [0.3, 0.4) is 0 Å². The lowest BCUT2D eigenvalue weighted by Crippen LogP contribution is -2.56. The maximum atomic E-state index is 13.2. The second kappa shape index (κ2) is 6.75. The number of ether oxygens (including phenoxy) is 2. The monoisotopic (exact) mass is 373 g/mol. The molecule has 1 aromatic rings. The average Bonchev–Trinajstić information content (AvgIpc) is 3.14. The molecule has 1 spiro atoms. The van der Waals surface area contributed by atoms with Crippen molar-refractivity contribution in [2.45, 2.75) is 25.8 Å². The highest BCUT2D eigenvalue weighted by atomic mass is 16.5. The summed E-state index contributed by atoms with van der Waals surface area (Å²) in [7, 11) is 1.51. The number of benzene rings is 1. The fraction of sp³-hybridized carbons (Fsp3) is 0.333. The molecule has 0 aliphatic carbocycles. The molecule has 1 fully saturated rings. The lowest BCUT2D eigenvalue weighted by molar-refractivity contribution is -0.144. The number of hydrazine groups is 1. The molecule has 3 amide bonds. The van der Waals surface area contributed by atoms with Gasteiger partial charge < -0.3 is 9.47 Å². The van der Waals surface area contributed by atoms with Crippen LogP contribution in [-0.4, -0.2) is 48.0 Å². The highest BCUT2D eigenvalue weighted by molar-refractivity contribution is 6.26. The van der Waals surface area contributed by atoms with Crippen LogP contribution in [0.5, 0.6) is 5.75 Å². The van der Waals surface area contributed by atoms with Gasteiger partial charge in [0, 0.05) is 6.92 Å². The van der Waals surface area contributed by atoms with Crippen molar-refractivity contribution < 1.29 is 28.7 Å². The predicted octanol–water partition coefficient (Wildman–Crippen LogP) is 0.511. The Morgan fingerprint density at radius 2 is 1.89 bits per heavy atom. The number of nitrogens with zero attached hydrogens (tertiary/aromatic N) is 2. The maximum Gasteiger partial charge on any atom is 0.355 e. The van der Waals surface area contributed by atoms with Crippen molar-refractivity contribution in [3.05, 3.63) is 36.0 Å². The third-order valence-electron chi connectivity index (χ3n) is 4.40. The highest BCUT2D eigenvalue weighted by Crippen LogP contribution is 2.38. The molecule has 0 bridgehead atoms. The van der Waals surface area contributed by atoms with Gasteiger partial charge in [-0.2, -0.15) is 0 Å². The Morgan fingerprint density at radius 1 is 1.22 bits per heavy atom. The topological polar surface area (TPSA) is 105 Å². The fourth-order valence-electron chi connectivity index (χ4n) is 3.20. The maximum absolute atomic E-state index is 13.2. The third-order valence-corrected chi connectivity index (χ3v) is 4.40. The van der Waals surface area contributed by atoms with Crippen LogP contribution >= 0.6 is 0 Å². The average molecular weight is 373 g/mol. The molecule has 3 rings (SSSR count). The Kier molecular flexibility index (Phi) is 4.61. The summed E-state index contributed by atoms with van der Waals surface area (Å²) in [6.45, 7) is 3.02. The van der Waals surface area contributed by atoms with Gasteiger partial charge in [-0.15, -0.1) is 0 Å². The predicted molar refractivity (Wildman–Crippen MR) is 93.2 cm³/mol. The van der Waals surface area contributed by atoms with Crippen molar-refractivity contribution in [3.63, 3.8) is 0 Å². The van der Waals surface area contributed by atoms with E-state index in [4.69, 9.17) is 9.47 Å². The van der Waals surface area contributed by atoms with Crippen LogP contribution < -0.4 is 15.1 Å². The zero-order valence-corrected chi connectivity index (χ0v) is 15.1.